The summed E-state index contributed by atoms with van der Waals surface area (Å²) in [6.07, 6.45) is 0.720. The quantitative estimate of drug-likeness (QED) is 0.823. The Morgan fingerprint density at radius 2 is 1.82 bits per heavy atom. The van der Waals surface area contributed by atoms with Gasteiger partial charge in [0.15, 0.2) is 9.84 Å². The minimum atomic E-state index is -3.41. The molecule has 0 aliphatic carbocycles. The molecule has 0 aliphatic rings. The van der Waals surface area contributed by atoms with Crippen LogP contribution in [0.1, 0.15) is 20.3 Å². The zero-order chi connectivity index (χ0) is 13.1. The summed E-state index contributed by atoms with van der Waals surface area (Å²) >= 11 is 0. The van der Waals surface area contributed by atoms with Gasteiger partial charge in [-0.3, -0.25) is 0 Å². The van der Waals surface area contributed by atoms with Crippen molar-refractivity contribution >= 4 is 9.84 Å². The number of hydrogen-bond donors (Lipinski definition) is 1. The molecule has 1 aromatic carbocycles. The van der Waals surface area contributed by atoms with Crippen molar-refractivity contribution in [3.05, 3.63) is 30.1 Å². The summed E-state index contributed by atoms with van der Waals surface area (Å²) in [5.41, 5.74) is 0. The van der Waals surface area contributed by atoms with E-state index in [0.717, 1.165) is 6.42 Å². The average Bonchev–Trinajstić information content (AvgIpc) is 2.31. The topological polar surface area (TPSA) is 46.2 Å². The van der Waals surface area contributed by atoms with Gasteiger partial charge in [0, 0.05) is 6.04 Å². The molecular weight excluding hydrogens is 241 g/mol. The van der Waals surface area contributed by atoms with Crippen molar-refractivity contribution in [3.8, 4) is 0 Å². The lowest BCUT2D eigenvalue weighted by atomic mass is 10.2. The summed E-state index contributed by atoms with van der Waals surface area (Å²) in [6, 6.07) is 4.84. The second-order valence-electron chi connectivity index (χ2n) is 4.01. The van der Waals surface area contributed by atoms with Gasteiger partial charge >= 0.3 is 0 Å². The highest BCUT2D eigenvalue weighted by molar-refractivity contribution is 7.92. The molecule has 2 unspecified atom stereocenters. The molecule has 1 rings (SSSR count). The fourth-order valence-corrected chi connectivity index (χ4v) is 3.53. The zero-order valence-electron chi connectivity index (χ0n) is 10.3. The van der Waals surface area contributed by atoms with E-state index < -0.39 is 20.9 Å². The minimum Gasteiger partial charge on any atom is -0.316 e. The van der Waals surface area contributed by atoms with Crippen LogP contribution in [0.4, 0.5) is 4.39 Å². The molecule has 0 saturated heterocycles. The van der Waals surface area contributed by atoms with Crippen LogP contribution in [-0.4, -0.2) is 26.8 Å². The van der Waals surface area contributed by atoms with E-state index in [4.69, 9.17) is 0 Å². The molecule has 0 aromatic heterocycles. The smallest absolute Gasteiger partial charge is 0.182 e. The molecule has 0 saturated carbocycles. The molecule has 0 amide bonds. The van der Waals surface area contributed by atoms with Crippen molar-refractivity contribution in [2.45, 2.75) is 36.5 Å². The number of sulfone groups is 1. The van der Waals surface area contributed by atoms with Crippen LogP contribution in [0, 0.1) is 5.82 Å². The summed E-state index contributed by atoms with van der Waals surface area (Å²) in [5.74, 6) is -0.433. The van der Waals surface area contributed by atoms with Crippen LogP contribution in [-0.2, 0) is 9.84 Å². The standard InChI is InChI=1S/C12H18FNO2S/c1-4-12(14-3)9(2)17(15,16)11-7-5-10(13)6-8-11/h5-9,12,14H,4H2,1-3H3. The first-order chi connectivity index (χ1) is 7.93. The van der Waals surface area contributed by atoms with Crippen LogP contribution in [0.5, 0.6) is 0 Å². The zero-order valence-corrected chi connectivity index (χ0v) is 11.1. The van der Waals surface area contributed by atoms with Crippen molar-refractivity contribution in [2.24, 2.45) is 0 Å². The van der Waals surface area contributed by atoms with E-state index in [9.17, 15) is 12.8 Å². The highest BCUT2D eigenvalue weighted by atomic mass is 32.2. The van der Waals surface area contributed by atoms with Gasteiger partial charge in [-0.25, -0.2) is 12.8 Å². The third kappa shape index (κ3) is 3.04. The molecule has 5 heteroatoms. The van der Waals surface area contributed by atoms with E-state index in [-0.39, 0.29) is 10.9 Å². The van der Waals surface area contributed by atoms with E-state index in [0.29, 0.717) is 0 Å². The van der Waals surface area contributed by atoms with Gasteiger partial charge in [-0.2, -0.15) is 0 Å². The third-order valence-electron chi connectivity index (χ3n) is 3.01. The summed E-state index contributed by atoms with van der Waals surface area (Å²) < 4.78 is 37.2. The normalized spacial score (nSPS) is 15.5. The first-order valence-corrected chi connectivity index (χ1v) is 7.14. The lowest BCUT2D eigenvalue weighted by molar-refractivity contribution is 0.505. The summed E-state index contributed by atoms with van der Waals surface area (Å²) in [4.78, 5) is 0.167. The fourth-order valence-electron chi connectivity index (χ4n) is 1.83. The third-order valence-corrected chi connectivity index (χ3v) is 5.25. The molecule has 0 bridgehead atoms. The fraction of sp³-hybridized carbons (Fsp3) is 0.500. The second-order valence-corrected chi connectivity index (χ2v) is 6.31. The Balaban J connectivity index is 3.06. The van der Waals surface area contributed by atoms with Crippen LogP contribution in [0.2, 0.25) is 0 Å². The molecule has 0 heterocycles. The molecule has 2 atom stereocenters. The number of hydrogen-bond acceptors (Lipinski definition) is 3. The maximum Gasteiger partial charge on any atom is 0.182 e. The lowest BCUT2D eigenvalue weighted by Gasteiger charge is -2.22. The number of benzene rings is 1. The molecule has 17 heavy (non-hydrogen) atoms. The first kappa shape index (κ1) is 14.1. The van der Waals surface area contributed by atoms with Gasteiger partial charge < -0.3 is 5.32 Å². The second kappa shape index (κ2) is 5.60. The van der Waals surface area contributed by atoms with E-state index in [1.54, 1.807) is 14.0 Å². The number of halogens is 1. The Morgan fingerprint density at radius 1 is 1.29 bits per heavy atom. The van der Waals surface area contributed by atoms with E-state index in [1.807, 2.05) is 6.92 Å². The van der Waals surface area contributed by atoms with Crippen molar-refractivity contribution < 1.29 is 12.8 Å². The average molecular weight is 259 g/mol. The highest BCUT2D eigenvalue weighted by Gasteiger charge is 2.28. The Hall–Kier alpha value is -0.940. The van der Waals surface area contributed by atoms with Crippen LogP contribution in [0.25, 0.3) is 0 Å². The molecule has 3 nitrogen and oxygen atoms in total. The van der Waals surface area contributed by atoms with Crippen molar-refractivity contribution in [3.63, 3.8) is 0 Å². The largest absolute Gasteiger partial charge is 0.316 e. The monoisotopic (exact) mass is 259 g/mol. The number of nitrogens with one attached hydrogen (secondary N) is 1. The van der Waals surface area contributed by atoms with Crippen molar-refractivity contribution in [2.75, 3.05) is 7.05 Å². The van der Waals surface area contributed by atoms with E-state index >= 15 is 0 Å². The Kier molecular flexibility index (Phi) is 4.65. The van der Waals surface area contributed by atoms with Gasteiger partial charge in [-0.15, -0.1) is 0 Å². The summed E-state index contributed by atoms with van der Waals surface area (Å²) in [7, 11) is -1.67. The molecule has 0 aliphatic heterocycles. The molecule has 0 fully saturated rings. The van der Waals surface area contributed by atoms with Gasteiger partial charge in [-0.1, -0.05) is 6.92 Å². The van der Waals surface area contributed by atoms with Gasteiger partial charge in [0.05, 0.1) is 10.1 Å². The van der Waals surface area contributed by atoms with Crippen LogP contribution in [0.3, 0.4) is 0 Å². The Labute approximate surface area is 102 Å². The maximum absolute atomic E-state index is 12.8. The molecule has 1 aromatic rings. The Bertz CT molecular complexity index is 452. The lowest BCUT2D eigenvalue weighted by Crippen LogP contribution is -2.40. The van der Waals surface area contributed by atoms with Gasteiger partial charge in [0.1, 0.15) is 5.82 Å². The van der Waals surface area contributed by atoms with Crippen molar-refractivity contribution in [1.82, 2.24) is 5.32 Å². The Morgan fingerprint density at radius 3 is 2.24 bits per heavy atom. The maximum atomic E-state index is 12.8. The number of rotatable bonds is 5. The van der Waals surface area contributed by atoms with Crippen molar-refractivity contribution in [1.29, 1.82) is 0 Å². The molecular formula is C12H18FNO2S. The predicted molar refractivity (Wildman–Crippen MR) is 66.2 cm³/mol. The highest BCUT2D eigenvalue weighted by Crippen LogP contribution is 2.19. The SMILES string of the molecule is CCC(NC)C(C)S(=O)(=O)c1ccc(F)cc1. The molecule has 0 spiro atoms. The van der Waals surface area contributed by atoms with E-state index in [1.165, 1.54) is 24.3 Å². The van der Waals surface area contributed by atoms with Crippen LogP contribution < -0.4 is 5.32 Å². The van der Waals surface area contributed by atoms with Gasteiger partial charge in [0.25, 0.3) is 0 Å². The minimum absolute atomic E-state index is 0.106. The van der Waals surface area contributed by atoms with E-state index in [2.05, 4.69) is 5.32 Å². The summed E-state index contributed by atoms with van der Waals surface area (Å²) in [6.45, 7) is 3.60. The van der Waals surface area contributed by atoms with Gasteiger partial charge in [-0.05, 0) is 44.7 Å². The van der Waals surface area contributed by atoms with Crippen LogP contribution in [0.15, 0.2) is 29.2 Å². The van der Waals surface area contributed by atoms with Crippen LogP contribution >= 0.6 is 0 Å². The molecule has 0 radical (unpaired) electrons. The first-order valence-electron chi connectivity index (χ1n) is 5.60. The van der Waals surface area contributed by atoms with Gasteiger partial charge in [0.2, 0.25) is 0 Å². The predicted octanol–water partition coefficient (Wildman–Crippen LogP) is 1.99. The molecule has 1 N–H and O–H groups in total. The molecule has 96 valence electrons. The summed E-state index contributed by atoms with van der Waals surface area (Å²) in [5, 5.41) is 2.45.